The quantitative estimate of drug-likeness (QED) is 0.399. The average molecular weight is 367 g/mol. The van der Waals surface area contributed by atoms with Gasteiger partial charge in [-0.25, -0.2) is 5.48 Å². The number of nitrogens with zero attached hydrogens (tertiary/aromatic N) is 1. The minimum atomic E-state index is -0.555. The van der Waals surface area contributed by atoms with Gasteiger partial charge < -0.3 is 10.1 Å². The van der Waals surface area contributed by atoms with Gasteiger partial charge in [0.2, 0.25) is 0 Å². The number of hydroxylamine groups is 1. The van der Waals surface area contributed by atoms with Crippen LogP contribution in [0, 0.1) is 0 Å². The minimum absolute atomic E-state index is 0.555. The van der Waals surface area contributed by atoms with Gasteiger partial charge in [-0.15, -0.1) is 0 Å². The molecule has 0 unspecified atom stereocenters. The van der Waals surface area contributed by atoms with E-state index in [9.17, 15) is 4.79 Å². The number of hydrogen-bond acceptors (Lipinski definition) is 5. The Morgan fingerprint density at radius 2 is 1.89 bits per heavy atom. The van der Waals surface area contributed by atoms with Gasteiger partial charge in [-0.1, -0.05) is 42.5 Å². The van der Waals surface area contributed by atoms with E-state index in [1.165, 1.54) is 17.2 Å². The first-order valence-electron chi connectivity index (χ1n) is 9.07. The monoisotopic (exact) mass is 367 g/mol. The van der Waals surface area contributed by atoms with Crippen molar-refractivity contribution in [3.8, 4) is 0 Å². The molecule has 3 N–H and O–H groups in total. The van der Waals surface area contributed by atoms with Crippen LogP contribution >= 0.6 is 0 Å². The Morgan fingerprint density at radius 3 is 2.70 bits per heavy atom. The van der Waals surface area contributed by atoms with E-state index in [4.69, 9.17) is 9.94 Å². The molecule has 1 aliphatic rings. The van der Waals surface area contributed by atoms with Crippen molar-refractivity contribution in [2.24, 2.45) is 0 Å². The maximum atomic E-state index is 11.2. The molecule has 1 fully saturated rings. The van der Waals surface area contributed by atoms with E-state index in [1.54, 1.807) is 11.6 Å². The second-order valence-corrected chi connectivity index (χ2v) is 6.46. The van der Waals surface area contributed by atoms with Crippen LogP contribution in [0.25, 0.3) is 6.08 Å². The smallest absolute Gasteiger partial charge is 0.267 e. The summed E-state index contributed by atoms with van der Waals surface area (Å²) < 4.78 is 5.41. The van der Waals surface area contributed by atoms with E-state index in [0.717, 1.165) is 44.1 Å². The van der Waals surface area contributed by atoms with Crippen molar-refractivity contribution in [3.05, 3.63) is 71.3 Å². The Balaban J connectivity index is 1.62. The van der Waals surface area contributed by atoms with Crippen LogP contribution in [0.1, 0.15) is 16.7 Å². The molecule has 0 radical (unpaired) electrons. The minimum Gasteiger partial charge on any atom is -0.380 e. The number of nitrogens with one attached hydrogen (secondary N) is 2. The molecule has 0 aromatic heterocycles. The number of ether oxygens (including phenoxy) is 1. The third-order valence-corrected chi connectivity index (χ3v) is 4.47. The van der Waals surface area contributed by atoms with Gasteiger partial charge in [0.05, 0.1) is 13.2 Å². The summed E-state index contributed by atoms with van der Waals surface area (Å²) >= 11 is 0. The summed E-state index contributed by atoms with van der Waals surface area (Å²) in [5.74, 6) is -0.555. The lowest BCUT2D eigenvalue weighted by atomic mass is 10.1. The summed E-state index contributed by atoms with van der Waals surface area (Å²) in [6.45, 7) is 5.19. The maximum absolute atomic E-state index is 11.2. The number of carbonyl (C=O) groups excluding carboxylic acids is 1. The molecule has 6 heteroatoms. The predicted molar refractivity (Wildman–Crippen MR) is 105 cm³/mol. The van der Waals surface area contributed by atoms with Crippen molar-refractivity contribution in [3.63, 3.8) is 0 Å². The van der Waals surface area contributed by atoms with Crippen molar-refractivity contribution in [2.75, 3.05) is 31.6 Å². The van der Waals surface area contributed by atoms with Crippen molar-refractivity contribution in [1.82, 2.24) is 10.4 Å². The molecule has 27 heavy (non-hydrogen) atoms. The molecule has 1 heterocycles. The fraction of sp³-hybridized carbons (Fsp3) is 0.286. The molecule has 2 aromatic rings. The van der Waals surface area contributed by atoms with E-state index in [1.807, 2.05) is 24.3 Å². The van der Waals surface area contributed by atoms with Gasteiger partial charge in [0.25, 0.3) is 5.91 Å². The van der Waals surface area contributed by atoms with Crippen LogP contribution in [-0.4, -0.2) is 42.3 Å². The molecule has 6 nitrogen and oxygen atoms in total. The van der Waals surface area contributed by atoms with Gasteiger partial charge in [0.15, 0.2) is 0 Å². The number of benzene rings is 2. The highest BCUT2D eigenvalue weighted by Crippen LogP contribution is 2.18. The van der Waals surface area contributed by atoms with Crippen molar-refractivity contribution in [2.45, 2.75) is 13.1 Å². The Bertz CT molecular complexity index is 786. The van der Waals surface area contributed by atoms with Crippen molar-refractivity contribution >= 4 is 17.7 Å². The first kappa shape index (κ1) is 19.1. The normalized spacial score (nSPS) is 15.0. The molecular weight excluding hydrogens is 342 g/mol. The predicted octanol–water partition coefficient (Wildman–Crippen LogP) is 2.65. The number of para-hydroxylation sites is 1. The Morgan fingerprint density at radius 1 is 1.11 bits per heavy atom. The average Bonchev–Trinajstić information content (AvgIpc) is 2.72. The summed E-state index contributed by atoms with van der Waals surface area (Å²) in [6, 6.07) is 16.3. The number of amides is 1. The third kappa shape index (κ3) is 5.92. The zero-order valence-electron chi connectivity index (χ0n) is 15.2. The van der Waals surface area contributed by atoms with Gasteiger partial charge in [0.1, 0.15) is 0 Å². The zero-order valence-corrected chi connectivity index (χ0v) is 15.2. The number of anilines is 1. The van der Waals surface area contributed by atoms with Crippen LogP contribution in [-0.2, 0) is 22.6 Å². The van der Waals surface area contributed by atoms with Gasteiger partial charge in [-0.3, -0.25) is 14.9 Å². The fourth-order valence-electron chi connectivity index (χ4n) is 3.06. The largest absolute Gasteiger partial charge is 0.380 e. The fourth-order valence-corrected chi connectivity index (χ4v) is 3.06. The number of morpholine rings is 1. The van der Waals surface area contributed by atoms with E-state index in [2.05, 4.69) is 34.5 Å². The molecule has 0 atom stereocenters. The van der Waals surface area contributed by atoms with Crippen LogP contribution in [0.15, 0.2) is 54.6 Å². The molecular formula is C21H25N3O3. The number of rotatable bonds is 7. The van der Waals surface area contributed by atoms with Crippen molar-refractivity contribution < 1.29 is 14.7 Å². The molecule has 142 valence electrons. The highest BCUT2D eigenvalue weighted by Gasteiger charge is 2.10. The van der Waals surface area contributed by atoms with Crippen LogP contribution in [0.3, 0.4) is 0 Å². The maximum Gasteiger partial charge on any atom is 0.267 e. The Kier molecular flexibility index (Phi) is 6.98. The van der Waals surface area contributed by atoms with Crippen LogP contribution in [0.4, 0.5) is 5.69 Å². The Labute approximate surface area is 159 Å². The van der Waals surface area contributed by atoms with Gasteiger partial charge in [-0.05, 0) is 28.8 Å². The summed E-state index contributed by atoms with van der Waals surface area (Å²) in [5, 5.41) is 12.0. The molecule has 0 bridgehead atoms. The van der Waals surface area contributed by atoms with Crippen LogP contribution in [0.5, 0.6) is 0 Å². The first-order chi connectivity index (χ1) is 13.2. The highest BCUT2D eigenvalue weighted by atomic mass is 16.5. The SMILES string of the molecule is O=C(C=Cc1ccccc1NCc1cccc(CN2CCOCC2)c1)NO. The summed E-state index contributed by atoms with van der Waals surface area (Å²) in [7, 11) is 0. The van der Waals surface area contributed by atoms with Crippen LogP contribution < -0.4 is 10.8 Å². The van der Waals surface area contributed by atoms with E-state index in [0.29, 0.717) is 6.54 Å². The topological polar surface area (TPSA) is 73.8 Å². The molecule has 3 rings (SSSR count). The van der Waals surface area contributed by atoms with E-state index < -0.39 is 5.91 Å². The summed E-state index contributed by atoms with van der Waals surface area (Å²) in [6.07, 6.45) is 2.96. The summed E-state index contributed by atoms with van der Waals surface area (Å²) in [5.41, 5.74) is 5.90. The lowest BCUT2D eigenvalue weighted by molar-refractivity contribution is -0.124. The Hall–Kier alpha value is -2.67. The molecule has 1 amide bonds. The van der Waals surface area contributed by atoms with Crippen LogP contribution in [0.2, 0.25) is 0 Å². The molecule has 0 spiro atoms. The second-order valence-electron chi connectivity index (χ2n) is 6.46. The summed E-state index contributed by atoms with van der Waals surface area (Å²) in [4.78, 5) is 13.6. The lowest BCUT2D eigenvalue weighted by Gasteiger charge is -2.26. The third-order valence-electron chi connectivity index (χ3n) is 4.47. The molecule has 0 saturated carbocycles. The molecule has 0 aliphatic carbocycles. The zero-order chi connectivity index (χ0) is 18.9. The van der Waals surface area contributed by atoms with Gasteiger partial charge in [0, 0.05) is 37.9 Å². The van der Waals surface area contributed by atoms with Crippen molar-refractivity contribution in [1.29, 1.82) is 0 Å². The van der Waals surface area contributed by atoms with Gasteiger partial charge >= 0.3 is 0 Å². The van der Waals surface area contributed by atoms with E-state index in [-0.39, 0.29) is 0 Å². The first-order valence-corrected chi connectivity index (χ1v) is 9.07. The number of hydrogen-bond donors (Lipinski definition) is 3. The standard InChI is InChI=1S/C21H25N3O3/c25-21(23-26)9-8-19-6-1-2-7-20(19)22-15-17-4-3-5-18(14-17)16-24-10-12-27-13-11-24/h1-9,14,22,26H,10-13,15-16H2,(H,23,25). The number of carbonyl (C=O) groups is 1. The van der Waals surface area contributed by atoms with E-state index >= 15 is 0 Å². The molecule has 1 saturated heterocycles. The van der Waals surface area contributed by atoms with Gasteiger partial charge in [-0.2, -0.15) is 0 Å². The lowest BCUT2D eigenvalue weighted by Crippen LogP contribution is -2.35. The molecule has 2 aromatic carbocycles. The molecule has 1 aliphatic heterocycles. The second kappa shape index (κ2) is 9.87. The highest BCUT2D eigenvalue weighted by molar-refractivity contribution is 5.91.